The number of aromatic nitrogens is 2. The standard InChI is InChI=1S/C23H25N3O2/c1-2-3-16-28-23(27)20-17-21(19-12-8-5-9-13-19)25-26-22(20)24-15-14-18-10-6-4-7-11-18/h4-13,17H,2-3,14-16H2,1H3,(H,24,26). The monoisotopic (exact) mass is 375 g/mol. The maximum atomic E-state index is 12.6. The molecule has 0 fully saturated rings. The first kappa shape index (κ1) is 19.5. The highest BCUT2D eigenvalue weighted by Crippen LogP contribution is 2.21. The number of nitrogens with zero attached hydrogens (tertiary/aromatic N) is 2. The van der Waals surface area contributed by atoms with Gasteiger partial charge in [0.25, 0.3) is 0 Å². The van der Waals surface area contributed by atoms with Gasteiger partial charge in [-0.2, -0.15) is 0 Å². The van der Waals surface area contributed by atoms with Crippen LogP contribution >= 0.6 is 0 Å². The molecule has 144 valence electrons. The van der Waals surface area contributed by atoms with E-state index in [0.29, 0.717) is 30.2 Å². The minimum Gasteiger partial charge on any atom is -0.462 e. The molecule has 1 aromatic heterocycles. The third-order valence-electron chi connectivity index (χ3n) is 4.36. The lowest BCUT2D eigenvalue weighted by atomic mass is 10.1. The highest BCUT2D eigenvalue weighted by atomic mass is 16.5. The van der Waals surface area contributed by atoms with Crippen LogP contribution < -0.4 is 5.32 Å². The largest absolute Gasteiger partial charge is 0.462 e. The molecular weight excluding hydrogens is 350 g/mol. The summed E-state index contributed by atoms with van der Waals surface area (Å²) < 4.78 is 5.42. The second kappa shape index (κ2) is 10.2. The Labute approximate surface area is 165 Å². The molecule has 5 nitrogen and oxygen atoms in total. The van der Waals surface area contributed by atoms with E-state index in [1.165, 1.54) is 5.56 Å². The fourth-order valence-electron chi connectivity index (χ4n) is 2.78. The number of rotatable bonds is 9. The minimum absolute atomic E-state index is 0.372. The highest BCUT2D eigenvalue weighted by Gasteiger charge is 2.17. The number of carbonyl (C=O) groups is 1. The summed E-state index contributed by atoms with van der Waals surface area (Å²) >= 11 is 0. The first-order valence-corrected chi connectivity index (χ1v) is 9.66. The predicted molar refractivity (Wildman–Crippen MR) is 111 cm³/mol. The van der Waals surface area contributed by atoms with E-state index in [2.05, 4.69) is 34.6 Å². The van der Waals surface area contributed by atoms with Crippen LogP contribution in [0.25, 0.3) is 11.3 Å². The molecule has 1 heterocycles. The van der Waals surface area contributed by atoms with Gasteiger partial charge in [-0.1, -0.05) is 74.0 Å². The number of hydrogen-bond acceptors (Lipinski definition) is 5. The fourth-order valence-corrected chi connectivity index (χ4v) is 2.78. The number of benzene rings is 2. The van der Waals surface area contributed by atoms with Gasteiger partial charge in [-0.3, -0.25) is 0 Å². The average molecular weight is 375 g/mol. The van der Waals surface area contributed by atoms with Crippen LogP contribution in [0.5, 0.6) is 0 Å². The molecular formula is C23H25N3O2. The summed E-state index contributed by atoms with van der Waals surface area (Å²) in [7, 11) is 0. The first-order valence-electron chi connectivity index (χ1n) is 9.66. The van der Waals surface area contributed by atoms with Crippen molar-refractivity contribution >= 4 is 11.8 Å². The molecule has 0 atom stereocenters. The van der Waals surface area contributed by atoms with Gasteiger partial charge in [-0.05, 0) is 24.5 Å². The molecule has 3 aromatic rings. The summed E-state index contributed by atoms with van der Waals surface area (Å²) in [5, 5.41) is 11.8. The predicted octanol–water partition coefficient (Wildman–Crippen LogP) is 4.76. The van der Waals surface area contributed by atoms with Crippen LogP contribution in [-0.4, -0.2) is 29.3 Å². The molecule has 2 aromatic carbocycles. The van der Waals surface area contributed by atoms with Gasteiger partial charge in [-0.15, -0.1) is 10.2 Å². The number of hydrogen-bond donors (Lipinski definition) is 1. The van der Waals surface area contributed by atoms with Gasteiger partial charge in [0, 0.05) is 12.1 Å². The van der Waals surface area contributed by atoms with E-state index >= 15 is 0 Å². The summed E-state index contributed by atoms with van der Waals surface area (Å²) in [4.78, 5) is 12.6. The SMILES string of the molecule is CCCCOC(=O)c1cc(-c2ccccc2)nnc1NCCc1ccccc1. The number of carbonyl (C=O) groups excluding carboxylic acids is 1. The van der Waals surface area contributed by atoms with Gasteiger partial charge in [0.05, 0.1) is 12.3 Å². The molecule has 0 bridgehead atoms. The third-order valence-corrected chi connectivity index (χ3v) is 4.36. The minimum atomic E-state index is -0.372. The molecule has 3 rings (SSSR count). The number of unbranched alkanes of at least 4 members (excludes halogenated alkanes) is 1. The van der Waals surface area contributed by atoms with Crippen molar-refractivity contribution in [3.63, 3.8) is 0 Å². The Bertz CT molecular complexity index is 883. The van der Waals surface area contributed by atoms with E-state index in [-0.39, 0.29) is 5.97 Å². The Kier molecular flexibility index (Phi) is 7.13. The van der Waals surface area contributed by atoms with Crippen LogP contribution in [0.3, 0.4) is 0 Å². The van der Waals surface area contributed by atoms with Crippen molar-refractivity contribution in [2.24, 2.45) is 0 Å². The van der Waals surface area contributed by atoms with Crippen molar-refractivity contribution in [3.8, 4) is 11.3 Å². The molecule has 0 saturated heterocycles. The summed E-state index contributed by atoms with van der Waals surface area (Å²) in [6.07, 6.45) is 2.64. The Morgan fingerprint density at radius 1 is 1.00 bits per heavy atom. The van der Waals surface area contributed by atoms with Crippen molar-refractivity contribution in [2.75, 3.05) is 18.5 Å². The molecule has 0 amide bonds. The van der Waals surface area contributed by atoms with Gasteiger partial charge in [0.15, 0.2) is 5.82 Å². The van der Waals surface area contributed by atoms with Crippen LogP contribution in [0.1, 0.15) is 35.7 Å². The molecule has 0 spiro atoms. The van der Waals surface area contributed by atoms with Crippen molar-refractivity contribution in [3.05, 3.63) is 77.9 Å². The number of ether oxygens (including phenoxy) is 1. The Balaban J connectivity index is 1.77. The maximum absolute atomic E-state index is 12.6. The highest BCUT2D eigenvalue weighted by molar-refractivity contribution is 5.95. The van der Waals surface area contributed by atoms with Crippen molar-refractivity contribution in [1.82, 2.24) is 10.2 Å². The molecule has 0 unspecified atom stereocenters. The molecule has 0 aliphatic heterocycles. The van der Waals surface area contributed by atoms with E-state index in [1.807, 2.05) is 48.5 Å². The van der Waals surface area contributed by atoms with Crippen LogP contribution in [-0.2, 0) is 11.2 Å². The number of esters is 1. The van der Waals surface area contributed by atoms with E-state index in [1.54, 1.807) is 6.07 Å². The lowest BCUT2D eigenvalue weighted by Crippen LogP contribution is -2.15. The van der Waals surface area contributed by atoms with Gasteiger partial charge in [-0.25, -0.2) is 4.79 Å². The Morgan fingerprint density at radius 3 is 2.43 bits per heavy atom. The van der Waals surface area contributed by atoms with Gasteiger partial charge in [0.1, 0.15) is 5.56 Å². The molecule has 0 saturated carbocycles. The first-order chi connectivity index (χ1) is 13.8. The number of anilines is 1. The summed E-state index contributed by atoms with van der Waals surface area (Å²) in [5.74, 6) is 0.0832. The zero-order chi connectivity index (χ0) is 19.6. The molecule has 0 aliphatic rings. The van der Waals surface area contributed by atoms with E-state index < -0.39 is 0 Å². The van der Waals surface area contributed by atoms with Crippen molar-refractivity contribution < 1.29 is 9.53 Å². The van der Waals surface area contributed by atoms with Gasteiger partial charge in [0.2, 0.25) is 0 Å². The van der Waals surface area contributed by atoms with Crippen molar-refractivity contribution in [1.29, 1.82) is 0 Å². The zero-order valence-corrected chi connectivity index (χ0v) is 16.1. The molecule has 0 aliphatic carbocycles. The van der Waals surface area contributed by atoms with Crippen LogP contribution in [0.4, 0.5) is 5.82 Å². The molecule has 28 heavy (non-hydrogen) atoms. The quantitative estimate of drug-likeness (QED) is 0.432. The second-order valence-corrected chi connectivity index (χ2v) is 6.51. The van der Waals surface area contributed by atoms with Gasteiger partial charge >= 0.3 is 5.97 Å². The lowest BCUT2D eigenvalue weighted by molar-refractivity contribution is 0.0500. The second-order valence-electron chi connectivity index (χ2n) is 6.51. The van der Waals surface area contributed by atoms with Crippen LogP contribution in [0.15, 0.2) is 66.7 Å². The zero-order valence-electron chi connectivity index (χ0n) is 16.1. The fraction of sp³-hybridized carbons (Fsp3) is 0.261. The van der Waals surface area contributed by atoms with Gasteiger partial charge < -0.3 is 10.1 Å². The smallest absolute Gasteiger partial charge is 0.342 e. The Morgan fingerprint density at radius 2 is 1.71 bits per heavy atom. The molecule has 1 N–H and O–H groups in total. The Hall–Kier alpha value is -3.21. The van der Waals surface area contributed by atoms with Crippen LogP contribution in [0.2, 0.25) is 0 Å². The average Bonchev–Trinajstić information content (AvgIpc) is 2.75. The molecule has 0 radical (unpaired) electrons. The van der Waals surface area contributed by atoms with E-state index in [4.69, 9.17) is 4.74 Å². The van der Waals surface area contributed by atoms with E-state index in [0.717, 1.165) is 24.8 Å². The lowest BCUT2D eigenvalue weighted by Gasteiger charge is -2.12. The topological polar surface area (TPSA) is 64.1 Å². The van der Waals surface area contributed by atoms with Crippen molar-refractivity contribution in [2.45, 2.75) is 26.2 Å². The van der Waals surface area contributed by atoms with E-state index in [9.17, 15) is 4.79 Å². The number of nitrogens with one attached hydrogen (secondary N) is 1. The molecule has 5 heteroatoms. The summed E-state index contributed by atoms with van der Waals surface area (Å²) in [5.41, 5.74) is 3.19. The third kappa shape index (κ3) is 5.39. The summed E-state index contributed by atoms with van der Waals surface area (Å²) in [6, 6.07) is 21.6. The summed E-state index contributed by atoms with van der Waals surface area (Å²) in [6.45, 7) is 3.12. The maximum Gasteiger partial charge on any atom is 0.342 e. The normalized spacial score (nSPS) is 10.5. The van der Waals surface area contributed by atoms with Crippen LogP contribution in [0, 0.1) is 0 Å².